The molecule has 0 spiro atoms. The first-order valence-corrected chi connectivity index (χ1v) is 6.17. The molecule has 0 radical (unpaired) electrons. The minimum Gasteiger partial charge on any atom is -0.392 e. The highest BCUT2D eigenvalue weighted by Gasteiger charge is 2.38. The van der Waals surface area contributed by atoms with Crippen LogP contribution in [0.2, 0.25) is 0 Å². The van der Waals surface area contributed by atoms with Crippen molar-refractivity contribution in [3.8, 4) is 0 Å². The molecule has 0 aromatic heterocycles. The molecule has 94 valence electrons. The second kappa shape index (κ2) is 5.13. The zero-order chi connectivity index (χ0) is 12.3. The van der Waals surface area contributed by atoms with E-state index >= 15 is 0 Å². The molecule has 1 N–H and O–H groups in total. The van der Waals surface area contributed by atoms with Gasteiger partial charge in [-0.05, 0) is 30.7 Å². The molecule has 0 saturated heterocycles. The molecular weight excluding hydrogens is 222 g/mol. The first-order valence-electron chi connectivity index (χ1n) is 6.17. The molecule has 1 saturated carbocycles. The van der Waals surface area contributed by atoms with Crippen molar-refractivity contribution >= 4 is 0 Å². The Hall–Kier alpha value is -0.960. The van der Waals surface area contributed by atoms with Crippen molar-refractivity contribution in [2.45, 2.75) is 44.1 Å². The molecule has 0 bridgehead atoms. The van der Waals surface area contributed by atoms with E-state index in [0.29, 0.717) is 19.3 Å². The summed E-state index contributed by atoms with van der Waals surface area (Å²) in [5, 5.41) is 10.0. The van der Waals surface area contributed by atoms with E-state index in [1.807, 2.05) is 30.3 Å². The summed E-state index contributed by atoms with van der Waals surface area (Å²) in [5.74, 6) is -2.85. The predicted octanol–water partition coefficient (Wildman–Crippen LogP) is 3.42. The molecule has 1 nitrogen and oxygen atoms in total. The first-order chi connectivity index (χ1) is 8.07. The van der Waals surface area contributed by atoms with Crippen LogP contribution in [0, 0.1) is 5.92 Å². The standard InChI is InChI=1S/C14H18F2O/c15-14(16)8-4-7-12(10-14)13(17)9-11-5-2-1-3-6-11/h1-3,5-6,12-13,17H,4,7-10H2. The zero-order valence-electron chi connectivity index (χ0n) is 9.78. The number of aliphatic hydroxyl groups is 1. The van der Waals surface area contributed by atoms with E-state index in [2.05, 4.69) is 0 Å². The van der Waals surface area contributed by atoms with Crippen LogP contribution in [0.4, 0.5) is 8.78 Å². The Labute approximate surface area is 100 Å². The van der Waals surface area contributed by atoms with Crippen LogP contribution < -0.4 is 0 Å². The summed E-state index contributed by atoms with van der Waals surface area (Å²) in [7, 11) is 0. The largest absolute Gasteiger partial charge is 0.392 e. The van der Waals surface area contributed by atoms with Gasteiger partial charge in [0.25, 0.3) is 0 Å². The van der Waals surface area contributed by atoms with Crippen molar-refractivity contribution in [2.75, 3.05) is 0 Å². The zero-order valence-corrected chi connectivity index (χ0v) is 9.78. The summed E-state index contributed by atoms with van der Waals surface area (Å²) in [6, 6.07) is 9.55. The number of hydrogen-bond donors (Lipinski definition) is 1. The molecule has 17 heavy (non-hydrogen) atoms. The van der Waals surface area contributed by atoms with E-state index in [1.165, 1.54) is 0 Å². The van der Waals surface area contributed by atoms with Crippen LogP contribution in [0.15, 0.2) is 30.3 Å². The fraction of sp³-hybridized carbons (Fsp3) is 0.571. The van der Waals surface area contributed by atoms with Crippen LogP contribution in [0.5, 0.6) is 0 Å². The number of rotatable bonds is 3. The molecule has 2 unspecified atom stereocenters. The SMILES string of the molecule is OC(Cc1ccccc1)C1CCCC(F)(F)C1. The van der Waals surface area contributed by atoms with Gasteiger partial charge in [0.2, 0.25) is 5.92 Å². The summed E-state index contributed by atoms with van der Waals surface area (Å²) in [5.41, 5.74) is 1.01. The molecule has 0 aliphatic heterocycles. The van der Waals surface area contributed by atoms with Crippen LogP contribution in [0.3, 0.4) is 0 Å². The average molecular weight is 240 g/mol. The van der Waals surface area contributed by atoms with Gasteiger partial charge in [-0.15, -0.1) is 0 Å². The topological polar surface area (TPSA) is 20.2 Å². The van der Waals surface area contributed by atoms with Crippen molar-refractivity contribution in [3.63, 3.8) is 0 Å². The molecule has 1 aromatic carbocycles. The lowest BCUT2D eigenvalue weighted by Crippen LogP contribution is -2.34. The Kier molecular flexibility index (Phi) is 3.77. The maximum atomic E-state index is 13.2. The predicted molar refractivity (Wildman–Crippen MR) is 63.1 cm³/mol. The van der Waals surface area contributed by atoms with Crippen molar-refractivity contribution in [1.29, 1.82) is 0 Å². The van der Waals surface area contributed by atoms with E-state index in [1.54, 1.807) is 0 Å². The molecule has 0 heterocycles. The minimum absolute atomic E-state index is 0.0262. The monoisotopic (exact) mass is 240 g/mol. The normalized spacial score (nSPS) is 25.5. The number of aliphatic hydroxyl groups excluding tert-OH is 1. The lowest BCUT2D eigenvalue weighted by molar-refractivity contribution is -0.0752. The summed E-state index contributed by atoms with van der Waals surface area (Å²) in [6.45, 7) is 0. The van der Waals surface area contributed by atoms with Crippen molar-refractivity contribution < 1.29 is 13.9 Å². The Morgan fingerprint density at radius 2 is 2.00 bits per heavy atom. The Bertz CT molecular complexity index is 350. The van der Waals surface area contributed by atoms with E-state index in [0.717, 1.165) is 5.56 Å². The van der Waals surface area contributed by atoms with Gasteiger partial charge in [0.1, 0.15) is 0 Å². The number of halogens is 2. The van der Waals surface area contributed by atoms with E-state index in [9.17, 15) is 13.9 Å². The van der Waals surface area contributed by atoms with Crippen LogP contribution >= 0.6 is 0 Å². The Balaban J connectivity index is 1.94. The van der Waals surface area contributed by atoms with Gasteiger partial charge in [0, 0.05) is 12.8 Å². The Morgan fingerprint density at radius 3 is 2.65 bits per heavy atom. The minimum atomic E-state index is -2.58. The van der Waals surface area contributed by atoms with Crippen LogP contribution in [-0.2, 0) is 6.42 Å². The molecule has 1 aromatic rings. The van der Waals surface area contributed by atoms with Gasteiger partial charge in [-0.3, -0.25) is 0 Å². The van der Waals surface area contributed by atoms with Gasteiger partial charge in [-0.25, -0.2) is 8.78 Å². The lowest BCUT2D eigenvalue weighted by atomic mass is 9.81. The molecule has 1 fully saturated rings. The third-order valence-electron chi connectivity index (χ3n) is 3.51. The van der Waals surface area contributed by atoms with Crippen molar-refractivity contribution in [2.24, 2.45) is 5.92 Å². The van der Waals surface area contributed by atoms with E-state index < -0.39 is 12.0 Å². The van der Waals surface area contributed by atoms with Gasteiger partial charge >= 0.3 is 0 Å². The summed E-state index contributed by atoms with van der Waals surface area (Å²) < 4.78 is 26.5. The van der Waals surface area contributed by atoms with Crippen LogP contribution in [0.1, 0.15) is 31.2 Å². The number of alkyl halides is 2. The second-order valence-corrected chi connectivity index (χ2v) is 4.97. The summed E-state index contributed by atoms with van der Waals surface area (Å²) in [6.07, 6.45) is 0.862. The Morgan fingerprint density at radius 1 is 1.29 bits per heavy atom. The highest BCUT2D eigenvalue weighted by molar-refractivity contribution is 5.15. The number of benzene rings is 1. The first kappa shape index (κ1) is 12.5. The number of hydrogen-bond acceptors (Lipinski definition) is 1. The average Bonchev–Trinajstić information content (AvgIpc) is 2.29. The van der Waals surface area contributed by atoms with Gasteiger partial charge in [0.15, 0.2) is 0 Å². The third kappa shape index (κ3) is 3.50. The molecular formula is C14H18F2O. The van der Waals surface area contributed by atoms with E-state index in [-0.39, 0.29) is 18.8 Å². The van der Waals surface area contributed by atoms with Crippen molar-refractivity contribution in [3.05, 3.63) is 35.9 Å². The maximum Gasteiger partial charge on any atom is 0.248 e. The summed E-state index contributed by atoms with van der Waals surface area (Å²) >= 11 is 0. The molecule has 1 aliphatic rings. The quantitative estimate of drug-likeness (QED) is 0.858. The highest BCUT2D eigenvalue weighted by atomic mass is 19.3. The second-order valence-electron chi connectivity index (χ2n) is 4.97. The van der Waals surface area contributed by atoms with Crippen molar-refractivity contribution in [1.82, 2.24) is 0 Å². The lowest BCUT2D eigenvalue weighted by Gasteiger charge is -2.32. The molecule has 3 heteroatoms. The molecule has 2 atom stereocenters. The fourth-order valence-electron chi connectivity index (χ4n) is 2.56. The van der Waals surface area contributed by atoms with Gasteiger partial charge in [-0.1, -0.05) is 30.3 Å². The molecule has 1 aliphatic carbocycles. The maximum absolute atomic E-state index is 13.2. The van der Waals surface area contributed by atoms with Crippen LogP contribution in [0.25, 0.3) is 0 Å². The molecule has 0 amide bonds. The van der Waals surface area contributed by atoms with Crippen LogP contribution in [-0.4, -0.2) is 17.1 Å². The van der Waals surface area contributed by atoms with Gasteiger partial charge in [0.05, 0.1) is 6.10 Å². The highest BCUT2D eigenvalue weighted by Crippen LogP contribution is 2.38. The van der Waals surface area contributed by atoms with E-state index in [4.69, 9.17) is 0 Å². The summed E-state index contributed by atoms with van der Waals surface area (Å²) in [4.78, 5) is 0. The molecule has 2 rings (SSSR count). The smallest absolute Gasteiger partial charge is 0.248 e. The van der Waals surface area contributed by atoms with Gasteiger partial charge < -0.3 is 5.11 Å². The van der Waals surface area contributed by atoms with Gasteiger partial charge in [-0.2, -0.15) is 0 Å². The fourth-order valence-corrected chi connectivity index (χ4v) is 2.56. The third-order valence-corrected chi connectivity index (χ3v) is 3.51.